The number of nitrogens with one attached hydrogen (secondary N) is 2. The lowest BCUT2D eigenvalue weighted by molar-refractivity contribution is 0.484. The number of benzene rings is 1. The Hall–Kier alpha value is -1.50. The van der Waals surface area contributed by atoms with E-state index in [-0.39, 0.29) is 5.82 Å². The van der Waals surface area contributed by atoms with Crippen LogP contribution in [0.3, 0.4) is 0 Å². The smallest absolute Gasteiger partial charge is 0.147 e. The maximum absolute atomic E-state index is 13.6. The van der Waals surface area contributed by atoms with Gasteiger partial charge in [0.1, 0.15) is 17.5 Å². The summed E-state index contributed by atoms with van der Waals surface area (Å²) in [4.78, 5) is 0. The molecule has 1 aliphatic rings. The lowest BCUT2D eigenvalue weighted by atomic mass is 10.1. The summed E-state index contributed by atoms with van der Waals surface area (Å²) in [5, 5.41) is 15.5. The van der Waals surface area contributed by atoms with Crippen molar-refractivity contribution in [2.75, 3.05) is 13.1 Å². The van der Waals surface area contributed by atoms with Crippen molar-refractivity contribution in [2.24, 2.45) is 0 Å². The molecule has 7 heteroatoms. The van der Waals surface area contributed by atoms with E-state index in [1.165, 1.54) is 6.07 Å². The molecule has 1 aromatic heterocycles. The van der Waals surface area contributed by atoms with Crippen molar-refractivity contribution in [1.29, 1.82) is 0 Å². The minimum Gasteiger partial charge on any atom is -0.312 e. The van der Waals surface area contributed by atoms with Crippen LogP contribution in [-0.2, 0) is 26.1 Å². The monoisotopic (exact) mass is 323 g/mol. The molecule has 0 bridgehead atoms. The summed E-state index contributed by atoms with van der Waals surface area (Å²) in [7, 11) is 0. The van der Waals surface area contributed by atoms with Crippen molar-refractivity contribution in [2.45, 2.75) is 32.5 Å². The number of halogens is 2. The van der Waals surface area contributed by atoms with Crippen LogP contribution in [0, 0.1) is 5.82 Å². The van der Waals surface area contributed by atoms with Gasteiger partial charge in [0, 0.05) is 23.7 Å². The highest BCUT2D eigenvalue weighted by Crippen LogP contribution is 2.20. The molecule has 0 radical (unpaired) electrons. The number of aromatic nitrogens is 3. The zero-order valence-corrected chi connectivity index (χ0v) is 13.0. The van der Waals surface area contributed by atoms with Crippen LogP contribution in [0.5, 0.6) is 0 Å². The largest absolute Gasteiger partial charge is 0.312 e. The zero-order valence-electron chi connectivity index (χ0n) is 12.3. The molecular formula is C15H19ClFN5. The van der Waals surface area contributed by atoms with Crippen LogP contribution in [0.2, 0.25) is 5.02 Å². The molecule has 0 unspecified atom stereocenters. The third-order valence-electron chi connectivity index (χ3n) is 3.82. The van der Waals surface area contributed by atoms with E-state index in [0.717, 1.165) is 44.2 Å². The minimum absolute atomic E-state index is 0.230. The lowest BCUT2D eigenvalue weighted by Crippen LogP contribution is -2.30. The Morgan fingerprint density at radius 1 is 1.36 bits per heavy atom. The fourth-order valence-electron chi connectivity index (χ4n) is 2.64. The molecule has 0 aliphatic carbocycles. The van der Waals surface area contributed by atoms with E-state index in [9.17, 15) is 4.39 Å². The van der Waals surface area contributed by atoms with Gasteiger partial charge in [0.25, 0.3) is 0 Å². The van der Waals surface area contributed by atoms with Gasteiger partial charge in [-0.25, -0.2) is 4.39 Å². The van der Waals surface area contributed by atoms with E-state index in [0.29, 0.717) is 23.6 Å². The van der Waals surface area contributed by atoms with Gasteiger partial charge in [0.2, 0.25) is 0 Å². The molecule has 0 spiro atoms. The summed E-state index contributed by atoms with van der Waals surface area (Å²) >= 11 is 6.02. The summed E-state index contributed by atoms with van der Waals surface area (Å²) in [5.74, 6) is 1.72. The minimum atomic E-state index is -0.230. The van der Waals surface area contributed by atoms with Gasteiger partial charge in [-0.2, -0.15) is 0 Å². The molecule has 0 amide bonds. The molecule has 22 heavy (non-hydrogen) atoms. The van der Waals surface area contributed by atoms with Crippen LogP contribution in [0.15, 0.2) is 18.2 Å². The first-order valence-corrected chi connectivity index (χ1v) is 7.89. The first-order chi connectivity index (χ1) is 10.8. The molecule has 0 atom stereocenters. The fourth-order valence-corrected chi connectivity index (χ4v) is 2.90. The van der Waals surface area contributed by atoms with Crippen molar-refractivity contribution in [3.63, 3.8) is 0 Å². The van der Waals surface area contributed by atoms with Gasteiger partial charge < -0.3 is 15.2 Å². The number of hydrogen-bond donors (Lipinski definition) is 2. The van der Waals surface area contributed by atoms with Crippen LogP contribution >= 0.6 is 11.6 Å². The summed E-state index contributed by atoms with van der Waals surface area (Å²) < 4.78 is 15.8. The zero-order chi connectivity index (χ0) is 15.4. The Balaban J connectivity index is 1.45. The van der Waals surface area contributed by atoms with Gasteiger partial charge in [-0.1, -0.05) is 17.7 Å². The quantitative estimate of drug-likeness (QED) is 0.797. The van der Waals surface area contributed by atoms with Crippen molar-refractivity contribution < 1.29 is 4.39 Å². The molecule has 0 fully saturated rings. The highest BCUT2D eigenvalue weighted by molar-refractivity contribution is 6.31. The van der Waals surface area contributed by atoms with Gasteiger partial charge in [-0.3, -0.25) is 0 Å². The Labute approximate surface area is 133 Å². The van der Waals surface area contributed by atoms with Crippen LogP contribution in [0.4, 0.5) is 4.39 Å². The maximum Gasteiger partial charge on any atom is 0.147 e. The highest BCUT2D eigenvalue weighted by atomic mass is 35.5. The third kappa shape index (κ3) is 3.45. The second kappa shape index (κ2) is 7.17. The topological polar surface area (TPSA) is 54.8 Å². The molecule has 3 rings (SSSR count). The Bertz CT molecular complexity index is 623. The average Bonchev–Trinajstić information content (AvgIpc) is 2.93. The van der Waals surface area contributed by atoms with Crippen LogP contribution in [0.25, 0.3) is 0 Å². The molecular weight excluding hydrogens is 305 g/mol. The number of rotatable bonds is 6. The first kappa shape index (κ1) is 15.4. The van der Waals surface area contributed by atoms with E-state index in [1.807, 2.05) is 0 Å². The molecule has 0 saturated heterocycles. The van der Waals surface area contributed by atoms with Crippen LogP contribution in [0.1, 0.15) is 23.6 Å². The molecule has 2 N–H and O–H groups in total. The molecule has 2 heterocycles. The third-order valence-corrected chi connectivity index (χ3v) is 4.18. The summed E-state index contributed by atoms with van der Waals surface area (Å²) in [6.07, 6.45) is 1.45. The normalized spacial score (nSPS) is 14.1. The lowest BCUT2D eigenvalue weighted by Gasteiger charge is -2.16. The second-order valence-electron chi connectivity index (χ2n) is 5.34. The van der Waals surface area contributed by atoms with Gasteiger partial charge in [0.05, 0.1) is 13.1 Å². The summed E-state index contributed by atoms with van der Waals surface area (Å²) in [5.41, 5.74) is 0.594. The number of fused-ring (bicyclic) bond motifs is 1. The molecule has 0 saturated carbocycles. The molecule has 1 aliphatic heterocycles. The van der Waals surface area contributed by atoms with Crippen molar-refractivity contribution >= 4 is 11.6 Å². The van der Waals surface area contributed by atoms with Gasteiger partial charge in [0.15, 0.2) is 0 Å². The van der Waals surface area contributed by atoms with E-state index in [2.05, 4.69) is 25.4 Å². The van der Waals surface area contributed by atoms with Crippen LogP contribution < -0.4 is 10.6 Å². The molecule has 1 aromatic carbocycles. The highest BCUT2D eigenvalue weighted by Gasteiger charge is 2.14. The van der Waals surface area contributed by atoms with Gasteiger partial charge >= 0.3 is 0 Å². The van der Waals surface area contributed by atoms with Gasteiger partial charge in [-0.15, -0.1) is 10.2 Å². The number of nitrogens with zero attached hydrogens (tertiary/aromatic N) is 3. The van der Waals surface area contributed by atoms with E-state index in [1.54, 1.807) is 12.1 Å². The van der Waals surface area contributed by atoms with Crippen molar-refractivity contribution in [3.05, 3.63) is 46.3 Å². The standard InChI is InChI=1S/C15H19ClFN5/c16-12-4-1-5-13(17)11(12)3-2-6-18-9-14-20-21-15-10-19-7-8-22(14)15/h1,4-5,18-19H,2-3,6-10H2. The van der Waals surface area contributed by atoms with Crippen LogP contribution in [-0.4, -0.2) is 27.9 Å². The van der Waals surface area contributed by atoms with Crippen molar-refractivity contribution in [3.8, 4) is 0 Å². The fraction of sp³-hybridized carbons (Fsp3) is 0.467. The van der Waals surface area contributed by atoms with E-state index >= 15 is 0 Å². The SMILES string of the molecule is Fc1cccc(Cl)c1CCCNCc1nnc2n1CCNC2. The number of hydrogen-bond acceptors (Lipinski definition) is 4. The van der Waals surface area contributed by atoms with E-state index in [4.69, 9.17) is 11.6 Å². The molecule has 5 nitrogen and oxygen atoms in total. The predicted octanol–water partition coefficient (Wildman–Crippen LogP) is 1.90. The molecule has 2 aromatic rings. The van der Waals surface area contributed by atoms with Gasteiger partial charge in [-0.05, 0) is 31.5 Å². The predicted molar refractivity (Wildman–Crippen MR) is 83.2 cm³/mol. The summed E-state index contributed by atoms with van der Waals surface area (Å²) in [6, 6.07) is 4.80. The Morgan fingerprint density at radius 2 is 2.27 bits per heavy atom. The Kier molecular flexibility index (Phi) is 5.02. The first-order valence-electron chi connectivity index (χ1n) is 7.51. The average molecular weight is 324 g/mol. The molecule has 118 valence electrons. The Morgan fingerprint density at radius 3 is 3.14 bits per heavy atom. The maximum atomic E-state index is 13.6. The summed E-state index contributed by atoms with van der Waals surface area (Å²) in [6.45, 7) is 4.09. The second-order valence-corrected chi connectivity index (χ2v) is 5.75. The van der Waals surface area contributed by atoms with Crippen molar-refractivity contribution in [1.82, 2.24) is 25.4 Å². The van der Waals surface area contributed by atoms with E-state index < -0.39 is 0 Å².